The first kappa shape index (κ1) is 31.8. The summed E-state index contributed by atoms with van der Waals surface area (Å²) in [5.41, 5.74) is 4.38. The monoisotopic (exact) mass is 623 g/mol. The lowest BCUT2D eigenvalue weighted by Gasteiger charge is -2.47. The molecule has 2 amide bonds. The van der Waals surface area contributed by atoms with Gasteiger partial charge in [0.2, 0.25) is 11.8 Å². The van der Waals surface area contributed by atoms with E-state index in [1.165, 1.54) is 17.0 Å². The maximum atomic E-state index is 15.2. The van der Waals surface area contributed by atoms with Crippen LogP contribution in [0.2, 0.25) is 0 Å². The molecule has 0 spiro atoms. The zero-order chi connectivity index (χ0) is 32.8. The Morgan fingerprint density at radius 3 is 2.30 bits per heavy atom. The lowest BCUT2D eigenvalue weighted by Crippen LogP contribution is -2.63. The third kappa shape index (κ3) is 5.79. The fraction of sp³-hybridized carbons (Fsp3) is 0.421. The molecule has 242 valence electrons. The van der Waals surface area contributed by atoms with Gasteiger partial charge in [0.05, 0.1) is 0 Å². The van der Waals surface area contributed by atoms with Crippen molar-refractivity contribution in [2.45, 2.75) is 58.0 Å². The Labute approximate surface area is 271 Å². The zero-order valence-corrected chi connectivity index (χ0v) is 27.9. The van der Waals surface area contributed by atoms with Crippen LogP contribution in [0.25, 0.3) is 10.9 Å². The van der Waals surface area contributed by atoms with Gasteiger partial charge in [-0.15, -0.1) is 0 Å². The van der Waals surface area contributed by atoms with E-state index < -0.39 is 5.54 Å². The van der Waals surface area contributed by atoms with Crippen LogP contribution in [0.5, 0.6) is 0 Å². The quantitative estimate of drug-likeness (QED) is 0.212. The molecule has 1 aliphatic carbocycles. The molecule has 2 N–H and O–H groups in total. The van der Waals surface area contributed by atoms with Gasteiger partial charge in [-0.2, -0.15) is 0 Å². The lowest BCUT2D eigenvalue weighted by molar-refractivity contribution is -0.150. The molecule has 1 aromatic heterocycles. The second kappa shape index (κ2) is 12.2. The van der Waals surface area contributed by atoms with Crippen molar-refractivity contribution in [1.29, 1.82) is 0 Å². The van der Waals surface area contributed by atoms with E-state index in [1.54, 1.807) is 23.1 Å². The molecule has 8 heteroatoms. The number of H-pyrrole nitrogens is 1. The third-order valence-electron chi connectivity index (χ3n) is 10.7. The fourth-order valence-electron chi connectivity index (χ4n) is 7.67. The highest BCUT2D eigenvalue weighted by atomic mass is 19.1. The molecule has 46 heavy (non-hydrogen) atoms. The lowest BCUT2D eigenvalue weighted by atomic mass is 9.83. The average Bonchev–Trinajstić information content (AvgIpc) is 3.37. The number of nitrogens with zero attached hydrogens (tertiary/aromatic N) is 3. The van der Waals surface area contributed by atoms with Crippen LogP contribution in [-0.2, 0) is 16.1 Å². The number of hydrogen-bond donors (Lipinski definition) is 2. The standard InChI is InChI=1S/C38H46FN5O2/c1-25-34(29-12-8-10-14-32(29)40-25)35-30(37(35,2)3)23-33(45)44(24-26-11-7-9-13-31(26)39)38(19-21-43(6)22-20-38)36(46)41-27-15-17-28(18-16-27)42(4)5/h7-18,30,35,40H,19-24H2,1-6H3,(H,41,46)/t30-,35+/m1/s1. The molecular weight excluding hydrogens is 577 g/mol. The number of hydrogen-bond acceptors (Lipinski definition) is 4. The molecule has 7 nitrogen and oxygen atoms in total. The predicted octanol–water partition coefficient (Wildman–Crippen LogP) is 6.94. The van der Waals surface area contributed by atoms with E-state index in [1.807, 2.05) is 56.4 Å². The molecule has 2 fully saturated rings. The molecule has 2 atom stereocenters. The van der Waals surface area contributed by atoms with E-state index in [0.29, 0.717) is 37.2 Å². The SMILES string of the molecule is Cc1[nH]c2ccccc2c1[C@@H]1[C@@H](CC(=O)N(Cc2ccccc2F)C2(C(=O)Nc3ccc(N(C)C)cc3)CCN(C)CC2)C1(C)C. The number of piperidine rings is 1. The Morgan fingerprint density at radius 2 is 1.63 bits per heavy atom. The molecule has 0 unspecified atom stereocenters. The average molecular weight is 624 g/mol. The van der Waals surface area contributed by atoms with E-state index in [2.05, 4.69) is 54.2 Å². The summed E-state index contributed by atoms with van der Waals surface area (Å²) in [6.45, 7) is 7.91. The summed E-state index contributed by atoms with van der Waals surface area (Å²) in [4.78, 5) is 38.6. The number of aryl methyl sites for hydroxylation is 1. The summed E-state index contributed by atoms with van der Waals surface area (Å²) in [6, 6.07) is 22.6. The molecular formula is C38H46FN5O2. The van der Waals surface area contributed by atoms with E-state index in [-0.39, 0.29) is 47.8 Å². The Morgan fingerprint density at radius 1 is 0.978 bits per heavy atom. The van der Waals surface area contributed by atoms with Gasteiger partial charge in [-0.05, 0) is 86.0 Å². The van der Waals surface area contributed by atoms with Crippen LogP contribution in [0.1, 0.15) is 55.8 Å². The van der Waals surface area contributed by atoms with Gasteiger partial charge in [-0.25, -0.2) is 4.39 Å². The predicted molar refractivity (Wildman–Crippen MR) is 183 cm³/mol. The maximum absolute atomic E-state index is 15.2. The van der Waals surface area contributed by atoms with Crippen LogP contribution in [-0.4, -0.2) is 66.4 Å². The maximum Gasteiger partial charge on any atom is 0.250 e. The number of amides is 2. The Kier molecular flexibility index (Phi) is 8.44. The van der Waals surface area contributed by atoms with Crippen molar-refractivity contribution in [3.8, 4) is 0 Å². The van der Waals surface area contributed by atoms with Crippen molar-refractivity contribution < 1.29 is 14.0 Å². The van der Waals surface area contributed by atoms with Gasteiger partial charge in [-0.1, -0.05) is 50.2 Å². The van der Waals surface area contributed by atoms with E-state index in [9.17, 15) is 9.59 Å². The number of nitrogens with one attached hydrogen (secondary N) is 2. The van der Waals surface area contributed by atoms with Crippen LogP contribution >= 0.6 is 0 Å². The topological polar surface area (TPSA) is 71.7 Å². The summed E-state index contributed by atoms with van der Waals surface area (Å²) in [5, 5.41) is 4.34. The Bertz CT molecular complexity index is 1740. The number of para-hydroxylation sites is 1. The Hall–Kier alpha value is -4.17. The Balaban J connectivity index is 1.35. The number of carbonyl (C=O) groups is 2. The highest BCUT2D eigenvalue weighted by Gasteiger charge is 2.60. The van der Waals surface area contributed by atoms with Crippen molar-refractivity contribution in [2.75, 3.05) is 44.4 Å². The van der Waals surface area contributed by atoms with Gasteiger partial charge in [0.15, 0.2) is 0 Å². The van der Waals surface area contributed by atoms with Crippen molar-refractivity contribution in [3.05, 3.63) is 95.4 Å². The van der Waals surface area contributed by atoms with E-state index >= 15 is 4.39 Å². The van der Waals surface area contributed by atoms with Crippen LogP contribution in [0.4, 0.5) is 15.8 Å². The number of likely N-dealkylation sites (tertiary alicyclic amines) is 1. The molecule has 6 rings (SSSR count). The van der Waals surface area contributed by atoms with Crippen LogP contribution in [0, 0.1) is 24.1 Å². The van der Waals surface area contributed by atoms with Crippen molar-refractivity contribution >= 4 is 34.1 Å². The highest BCUT2D eigenvalue weighted by molar-refractivity contribution is 6.01. The second-order valence-electron chi connectivity index (χ2n) is 14.1. The van der Waals surface area contributed by atoms with E-state index in [0.717, 1.165) is 16.9 Å². The normalized spacial score (nSPS) is 20.3. The van der Waals surface area contributed by atoms with Gasteiger partial charge in [0.25, 0.3) is 0 Å². The summed E-state index contributed by atoms with van der Waals surface area (Å²) in [7, 11) is 5.98. The number of rotatable bonds is 9. The largest absolute Gasteiger partial charge is 0.378 e. The number of benzene rings is 3. The first-order chi connectivity index (χ1) is 21.9. The molecule has 1 aliphatic heterocycles. The van der Waals surface area contributed by atoms with Crippen molar-refractivity contribution in [2.24, 2.45) is 11.3 Å². The van der Waals surface area contributed by atoms with Crippen molar-refractivity contribution in [3.63, 3.8) is 0 Å². The summed E-state index contributed by atoms with van der Waals surface area (Å²) >= 11 is 0. The molecule has 2 aliphatic rings. The number of fused-ring (bicyclic) bond motifs is 1. The second-order valence-corrected chi connectivity index (χ2v) is 14.1. The summed E-state index contributed by atoms with van der Waals surface area (Å²) < 4.78 is 15.2. The molecule has 0 bridgehead atoms. The summed E-state index contributed by atoms with van der Waals surface area (Å²) in [5.74, 6) is -0.417. The highest BCUT2D eigenvalue weighted by Crippen LogP contribution is 2.67. The number of anilines is 2. The van der Waals surface area contributed by atoms with Gasteiger partial charge < -0.3 is 25.0 Å². The number of aromatic nitrogens is 1. The molecule has 1 saturated carbocycles. The number of halogens is 1. The van der Waals surface area contributed by atoms with Gasteiger partial charge in [0.1, 0.15) is 11.4 Å². The molecule has 3 aromatic carbocycles. The first-order valence-corrected chi connectivity index (χ1v) is 16.3. The molecule has 1 saturated heterocycles. The van der Waals surface area contributed by atoms with Gasteiger partial charge in [-0.3, -0.25) is 9.59 Å². The molecule has 2 heterocycles. The van der Waals surface area contributed by atoms with Crippen molar-refractivity contribution in [1.82, 2.24) is 14.8 Å². The summed E-state index contributed by atoms with van der Waals surface area (Å²) in [6.07, 6.45) is 1.21. The zero-order valence-electron chi connectivity index (χ0n) is 27.9. The minimum atomic E-state index is -1.13. The molecule has 0 radical (unpaired) electrons. The van der Waals surface area contributed by atoms with Crippen LogP contribution in [0.15, 0.2) is 72.8 Å². The first-order valence-electron chi connectivity index (χ1n) is 16.3. The van der Waals surface area contributed by atoms with Crippen LogP contribution in [0.3, 0.4) is 0 Å². The van der Waals surface area contributed by atoms with Gasteiger partial charge >= 0.3 is 0 Å². The number of aromatic amines is 1. The number of carbonyl (C=O) groups excluding carboxylic acids is 2. The minimum Gasteiger partial charge on any atom is -0.378 e. The van der Waals surface area contributed by atoms with Crippen LogP contribution < -0.4 is 10.2 Å². The third-order valence-corrected chi connectivity index (χ3v) is 10.7. The minimum absolute atomic E-state index is 0.0339. The molecule has 4 aromatic rings. The van der Waals surface area contributed by atoms with E-state index in [4.69, 9.17) is 0 Å². The fourth-order valence-corrected chi connectivity index (χ4v) is 7.67. The van der Waals surface area contributed by atoms with Gasteiger partial charge in [0, 0.05) is 73.7 Å². The smallest absolute Gasteiger partial charge is 0.250 e.